The lowest BCUT2D eigenvalue weighted by Gasteiger charge is -2.19. The maximum Gasteiger partial charge on any atom is 0.311 e. The first-order valence-corrected chi connectivity index (χ1v) is 9.30. The molecule has 0 radical (unpaired) electrons. The molecule has 0 saturated heterocycles. The summed E-state index contributed by atoms with van der Waals surface area (Å²) < 4.78 is 19.3. The number of rotatable bonds is 6. The van der Waals surface area contributed by atoms with Crippen LogP contribution in [0.1, 0.15) is 28.4 Å². The Morgan fingerprint density at radius 2 is 1.66 bits per heavy atom. The number of aryl methyl sites for hydroxylation is 2. The molecule has 0 heterocycles. The number of halogens is 1. The predicted molar refractivity (Wildman–Crippen MR) is 110 cm³/mol. The van der Waals surface area contributed by atoms with Crippen LogP contribution in [0.3, 0.4) is 0 Å². The molecule has 0 fully saturated rings. The average molecular weight is 391 g/mol. The molecule has 0 aliphatic rings. The normalized spacial score (nSPS) is 11.6. The summed E-state index contributed by atoms with van der Waals surface area (Å²) in [5.74, 6) is -1.63. The molecule has 0 saturated carbocycles. The van der Waals surface area contributed by atoms with E-state index in [9.17, 15) is 14.0 Å². The van der Waals surface area contributed by atoms with Gasteiger partial charge in [0, 0.05) is 11.3 Å². The Balaban J connectivity index is 1.81. The Morgan fingerprint density at radius 3 is 2.38 bits per heavy atom. The van der Waals surface area contributed by atoms with Crippen LogP contribution in [0.25, 0.3) is 0 Å². The van der Waals surface area contributed by atoms with Crippen molar-refractivity contribution in [1.29, 1.82) is 0 Å². The third-order valence-electron chi connectivity index (χ3n) is 4.53. The van der Waals surface area contributed by atoms with Crippen molar-refractivity contribution in [2.24, 2.45) is 0 Å². The summed E-state index contributed by atoms with van der Waals surface area (Å²) in [6.45, 7) is 3.81. The zero-order chi connectivity index (χ0) is 20.8. The number of hydrogen-bond donors (Lipinski definition) is 1. The second-order valence-corrected chi connectivity index (χ2v) is 6.86. The number of benzene rings is 3. The van der Waals surface area contributed by atoms with Crippen LogP contribution >= 0.6 is 0 Å². The average Bonchev–Trinajstić information content (AvgIpc) is 2.71. The highest BCUT2D eigenvalue weighted by molar-refractivity contribution is 5.96. The molecule has 1 atom stereocenters. The summed E-state index contributed by atoms with van der Waals surface area (Å²) in [6, 6.07) is 20.5. The highest BCUT2D eigenvalue weighted by Gasteiger charge is 2.26. The van der Waals surface area contributed by atoms with Crippen molar-refractivity contribution in [1.82, 2.24) is 0 Å². The quantitative estimate of drug-likeness (QED) is 0.608. The molecule has 3 rings (SSSR count). The summed E-state index contributed by atoms with van der Waals surface area (Å²) in [5, 5.41) is 2.84. The van der Waals surface area contributed by atoms with Crippen LogP contribution in [-0.2, 0) is 20.7 Å². The number of carbonyl (C=O) groups excluding carboxylic acids is 2. The first-order valence-electron chi connectivity index (χ1n) is 9.30. The molecule has 0 aliphatic carbocycles. The molecule has 29 heavy (non-hydrogen) atoms. The second-order valence-electron chi connectivity index (χ2n) is 6.86. The molecule has 5 heteroatoms. The Hall–Kier alpha value is -3.47. The molecule has 0 unspecified atom stereocenters. The Bertz CT molecular complexity index is 1020. The van der Waals surface area contributed by atoms with E-state index in [0.29, 0.717) is 11.3 Å². The number of anilines is 1. The van der Waals surface area contributed by atoms with Crippen molar-refractivity contribution in [3.05, 3.63) is 101 Å². The number of carbonyl (C=O) groups is 2. The maximum atomic E-state index is 13.9. The molecule has 3 aromatic carbocycles. The molecule has 4 nitrogen and oxygen atoms in total. The summed E-state index contributed by atoms with van der Waals surface area (Å²) in [7, 11) is 0. The van der Waals surface area contributed by atoms with E-state index in [1.54, 1.807) is 36.4 Å². The molecule has 1 N–H and O–H groups in total. The lowest BCUT2D eigenvalue weighted by Crippen LogP contribution is -2.27. The van der Waals surface area contributed by atoms with Crippen molar-refractivity contribution < 1.29 is 18.7 Å². The SMILES string of the molecule is Cc1ccc(C)c(NC(=O)[C@@H](OC(=O)Cc2ccccc2F)c2ccccc2)c1. The number of hydrogen-bond acceptors (Lipinski definition) is 3. The zero-order valence-corrected chi connectivity index (χ0v) is 16.3. The van der Waals surface area contributed by atoms with Gasteiger partial charge in [0.2, 0.25) is 6.10 Å². The largest absolute Gasteiger partial charge is 0.447 e. The number of amides is 1. The van der Waals surface area contributed by atoms with Crippen LogP contribution in [0, 0.1) is 19.7 Å². The van der Waals surface area contributed by atoms with E-state index in [1.165, 1.54) is 12.1 Å². The molecule has 3 aromatic rings. The van der Waals surface area contributed by atoms with E-state index in [4.69, 9.17) is 4.74 Å². The van der Waals surface area contributed by atoms with Gasteiger partial charge in [-0.05, 0) is 42.7 Å². The monoisotopic (exact) mass is 391 g/mol. The van der Waals surface area contributed by atoms with Gasteiger partial charge in [0.15, 0.2) is 0 Å². The predicted octanol–water partition coefficient (Wildman–Crippen LogP) is 4.91. The zero-order valence-electron chi connectivity index (χ0n) is 16.3. The van der Waals surface area contributed by atoms with E-state index in [2.05, 4.69) is 5.32 Å². The van der Waals surface area contributed by atoms with E-state index < -0.39 is 23.8 Å². The summed E-state index contributed by atoms with van der Waals surface area (Å²) >= 11 is 0. The molecule has 1 amide bonds. The molecular formula is C24H22FNO3. The third kappa shape index (κ3) is 5.29. The van der Waals surface area contributed by atoms with Crippen LogP contribution in [0.15, 0.2) is 72.8 Å². The fraction of sp³-hybridized carbons (Fsp3) is 0.167. The van der Waals surface area contributed by atoms with Gasteiger partial charge >= 0.3 is 5.97 Å². The van der Waals surface area contributed by atoms with Gasteiger partial charge in [0.05, 0.1) is 6.42 Å². The first kappa shape index (κ1) is 20.3. The van der Waals surface area contributed by atoms with Gasteiger partial charge in [0.1, 0.15) is 5.82 Å². The number of ether oxygens (including phenoxy) is 1. The summed E-state index contributed by atoms with van der Waals surface area (Å²) in [4.78, 5) is 25.4. The van der Waals surface area contributed by atoms with Crippen LogP contribution in [0.5, 0.6) is 0 Å². The van der Waals surface area contributed by atoms with Gasteiger partial charge in [-0.3, -0.25) is 9.59 Å². The van der Waals surface area contributed by atoms with Crippen molar-refractivity contribution in [2.75, 3.05) is 5.32 Å². The fourth-order valence-electron chi connectivity index (χ4n) is 2.94. The first-order chi connectivity index (χ1) is 13.9. The number of esters is 1. The smallest absolute Gasteiger partial charge is 0.311 e. The van der Waals surface area contributed by atoms with Gasteiger partial charge in [-0.1, -0.05) is 60.7 Å². The van der Waals surface area contributed by atoms with Gasteiger partial charge in [-0.2, -0.15) is 0 Å². The molecular weight excluding hydrogens is 369 g/mol. The van der Waals surface area contributed by atoms with Crippen LogP contribution < -0.4 is 5.32 Å². The molecule has 0 spiro atoms. The van der Waals surface area contributed by atoms with Crippen molar-refractivity contribution in [2.45, 2.75) is 26.4 Å². The van der Waals surface area contributed by atoms with Gasteiger partial charge < -0.3 is 10.1 Å². The minimum atomic E-state index is -1.14. The Morgan fingerprint density at radius 1 is 0.966 bits per heavy atom. The topological polar surface area (TPSA) is 55.4 Å². The highest BCUT2D eigenvalue weighted by atomic mass is 19.1. The maximum absolute atomic E-state index is 13.9. The molecule has 0 aromatic heterocycles. The molecule has 148 valence electrons. The van der Waals surface area contributed by atoms with E-state index in [0.717, 1.165) is 11.1 Å². The van der Waals surface area contributed by atoms with Crippen LogP contribution in [0.2, 0.25) is 0 Å². The van der Waals surface area contributed by atoms with Crippen molar-refractivity contribution >= 4 is 17.6 Å². The third-order valence-corrected chi connectivity index (χ3v) is 4.53. The van der Waals surface area contributed by atoms with Gasteiger partial charge in [-0.15, -0.1) is 0 Å². The fourth-order valence-corrected chi connectivity index (χ4v) is 2.94. The van der Waals surface area contributed by atoms with Crippen molar-refractivity contribution in [3.8, 4) is 0 Å². The Labute approximate surface area is 169 Å². The van der Waals surface area contributed by atoms with E-state index in [-0.39, 0.29) is 12.0 Å². The molecule has 0 bridgehead atoms. The second kappa shape index (κ2) is 9.15. The highest BCUT2D eigenvalue weighted by Crippen LogP contribution is 2.23. The summed E-state index contributed by atoms with van der Waals surface area (Å²) in [6.07, 6.45) is -1.40. The van der Waals surface area contributed by atoms with Crippen LogP contribution in [0.4, 0.5) is 10.1 Å². The van der Waals surface area contributed by atoms with Crippen molar-refractivity contribution in [3.63, 3.8) is 0 Å². The Kier molecular flexibility index (Phi) is 6.39. The standard InChI is InChI=1S/C24H22FNO3/c1-16-12-13-17(2)21(14-16)26-24(28)23(18-8-4-3-5-9-18)29-22(27)15-19-10-6-7-11-20(19)25/h3-14,23H,15H2,1-2H3,(H,26,28)/t23-/m0/s1. The van der Waals surface area contributed by atoms with Gasteiger partial charge in [-0.25, -0.2) is 4.39 Å². The van der Waals surface area contributed by atoms with Gasteiger partial charge in [0.25, 0.3) is 5.91 Å². The van der Waals surface area contributed by atoms with Crippen LogP contribution in [-0.4, -0.2) is 11.9 Å². The summed E-state index contributed by atoms with van der Waals surface area (Å²) in [5.41, 5.74) is 3.31. The lowest BCUT2D eigenvalue weighted by atomic mass is 10.1. The van der Waals surface area contributed by atoms with E-state index >= 15 is 0 Å². The minimum absolute atomic E-state index is 0.222. The van der Waals surface area contributed by atoms with E-state index in [1.807, 2.05) is 38.1 Å². The minimum Gasteiger partial charge on any atom is -0.447 e. The lowest BCUT2D eigenvalue weighted by molar-refractivity contribution is -0.154. The number of nitrogens with one attached hydrogen (secondary N) is 1. The molecule has 0 aliphatic heterocycles.